The topological polar surface area (TPSA) is 40.6 Å². The Hall–Kier alpha value is -2.02. The van der Waals surface area contributed by atoms with Crippen molar-refractivity contribution in [2.45, 2.75) is 26.8 Å². The Labute approximate surface area is 173 Å². The number of nitrogens with one attached hydrogen (secondary N) is 1. The van der Waals surface area contributed by atoms with E-state index in [1.807, 2.05) is 18.3 Å². The molecule has 1 N–H and O–H groups in total. The van der Waals surface area contributed by atoms with Gasteiger partial charge in [0.25, 0.3) is 0 Å². The van der Waals surface area contributed by atoms with Gasteiger partial charge >= 0.3 is 0 Å². The molecule has 2 aromatic rings. The first kappa shape index (κ1) is 20.7. The van der Waals surface area contributed by atoms with Crippen LogP contribution in [0.4, 0.5) is 5.69 Å². The summed E-state index contributed by atoms with van der Waals surface area (Å²) in [5, 5.41) is 4.21. The standard InChI is InChI=1S/C22H30N4OS/c1-18-7-8-19(2)21(16-18)24-22(28)26(17-20-6-3-4-9-23-20)11-5-10-25-12-14-27-15-13-25/h3-4,6-9,16H,5,10-15,17H2,1-2H3,(H,24,28). The van der Waals surface area contributed by atoms with Crippen molar-refractivity contribution in [3.8, 4) is 0 Å². The predicted molar refractivity (Wildman–Crippen MR) is 119 cm³/mol. The number of benzene rings is 1. The van der Waals surface area contributed by atoms with Crippen LogP contribution in [0.3, 0.4) is 0 Å². The van der Waals surface area contributed by atoms with Crippen molar-refractivity contribution in [1.29, 1.82) is 0 Å². The maximum Gasteiger partial charge on any atom is 0.173 e. The number of ether oxygens (including phenoxy) is 1. The highest BCUT2D eigenvalue weighted by Crippen LogP contribution is 2.17. The molecule has 1 fully saturated rings. The molecule has 0 unspecified atom stereocenters. The molecule has 0 radical (unpaired) electrons. The molecule has 0 amide bonds. The molecule has 6 heteroatoms. The second-order valence-corrected chi connectivity index (χ2v) is 7.69. The number of pyridine rings is 1. The number of rotatable bonds is 7. The zero-order valence-electron chi connectivity index (χ0n) is 16.9. The van der Waals surface area contributed by atoms with Gasteiger partial charge in [0.05, 0.1) is 25.5 Å². The van der Waals surface area contributed by atoms with Crippen LogP contribution in [0.15, 0.2) is 42.6 Å². The van der Waals surface area contributed by atoms with Gasteiger partial charge in [0.15, 0.2) is 5.11 Å². The average molecular weight is 399 g/mol. The van der Waals surface area contributed by atoms with Crippen molar-refractivity contribution in [2.75, 3.05) is 44.7 Å². The molecule has 3 rings (SSSR count). The molecule has 0 saturated carbocycles. The van der Waals surface area contributed by atoms with Gasteiger partial charge in [-0.15, -0.1) is 0 Å². The van der Waals surface area contributed by atoms with Crippen LogP contribution in [-0.4, -0.2) is 59.3 Å². The van der Waals surface area contributed by atoms with E-state index < -0.39 is 0 Å². The van der Waals surface area contributed by atoms with Gasteiger partial charge in [-0.05, 0) is 61.8 Å². The Morgan fingerprint density at radius 2 is 2.04 bits per heavy atom. The summed E-state index contributed by atoms with van der Waals surface area (Å²) < 4.78 is 5.44. The molecule has 2 heterocycles. The summed E-state index contributed by atoms with van der Waals surface area (Å²) in [4.78, 5) is 9.17. The number of hydrogen-bond acceptors (Lipinski definition) is 4. The van der Waals surface area contributed by atoms with E-state index in [0.29, 0.717) is 6.54 Å². The third-order valence-corrected chi connectivity index (χ3v) is 5.37. The molecule has 1 saturated heterocycles. The third-order valence-electron chi connectivity index (χ3n) is 5.01. The van der Waals surface area contributed by atoms with Crippen LogP contribution in [0.5, 0.6) is 0 Å². The second-order valence-electron chi connectivity index (χ2n) is 7.30. The summed E-state index contributed by atoms with van der Waals surface area (Å²) >= 11 is 5.78. The minimum absolute atomic E-state index is 0.709. The molecule has 0 spiro atoms. The monoisotopic (exact) mass is 398 g/mol. The van der Waals surface area contributed by atoms with Crippen molar-refractivity contribution >= 4 is 23.0 Å². The first-order valence-corrected chi connectivity index (χ1v) is 10.4. The van der Waals surface area contributed by atoms with Crippen LogP contribution in [-0.2, 0) is 11.3 Å². The number of morpholine rings is 1. The highest BCUT2D eigenvalue weighted by molar-refractivity contribution is 7.80. The van der Waals surface area contributed by atoms with Crippen molar-refractivity contribution in [3.63, 3.8) is 0 Å². The maximum absolute atomic E-state index is 5.78. The third kappa shape index (κ3) is 6.26. The zero-order chi connectivity index (χ0) is 19.8. The van der Waals surface area contributed by atoms with E-state index in [9.17, 15) is 0 Å². The van der Waals surface area contributed by atoms with Crippen LogP contribution in [0.1, 0.15) is 23.2 Å². The fourth-order valence-corrected chi connectivity index (χ4v) is 3.58. The SMILES string of the molecule is Cc1ccc(C)c(NC(=S)N(CCCN2CCOCC2)Cc2ccccn2)c1. The fourth-order valence-electron chi connectivity index (χ4n) is 3.31. The highest BCUT2D eigenvalue weighted by atomic mass is 32.1. The van der Waals surface area contributed by atoms with Gasteiger partial charge in [0.2, 0.25) is 0 Å². The van der Waals surface area contributed by atoms with E-state index in [0.717, 1.165) is 62.3 Å². The average Bonchev–Trinajstić information content (AvgIpc) is 2.71. The van der Waals surface area contributed by atoms with E-state index >= 15 is 0 Å². The Morgan fingerprint density at radius 1 is 1.21 bits per heavy atom. The number of aryl methyl sites for hydroxylation is 2. The fraction of sp³-hybridized carbons (Fsp3) is 0.455. The molecule has 150 valence electrons. The van der Waals surface area contributed by atoms with Gasteiger partial charge in [-0.3, -0.25) is 9.88 Å². The summed E-state index contributed by atoms with van der Waals surface area (Å²) in [6.45, 7) is 10.6. The smallest absolute Gasteiger partial charge is 0.173 e. The van der Waals surface area contributed by atoms with Gasteiger partial charge < -0.3 is 15.0 Å². The van der Waals surface area contributed by atoms with Crippen LogP contribution in [0.2, 0.25) is 0 Å². The molecule has 1 aromatic carbocycles. The van der Waals surface area contributed by atoms with Crippen molar-refractivity contribution < 1.29 is 4.74 Å². The largest absolute Gasteiger partial charge is 0.379 e. The molecular formula is C22H30N4OS. The Bertz CT molecular complexity index is 762. The molecule has 28 heavy (non-hydrogen) atoms. The Kier molecular flexibility index (Phi) is 7.77. The summed E-state index contributed by atoms with van der Waals surface area (Å²) in [6, 6.07) is 12.4. The zero-order valence-corrected chi connectivity index (χ0v) is 17.7. The normalized spacial score (nSPS) is 14.6. The lowest BCUT2D eigenvalue weighted by atomic mass is 10.1. The van der Waals surface area contributed by atoms with Crippen LogP contribution in [0, 0.1) is 13.8 Å². The van der Waals surface area contributed by atoms with Gasteiger partial charge in [-0.1, -0.05) is 18.2 Å². The van der Waals surface area contributed by atoms with Gasteiger partial charge in [0.1, 0.15) is 0 Å². The molecular weight excluding hydrogens is 368 g/mol. The first-order chi connectivity index (χ1) is 13.6. The van der Waals surface area contributed by atoms with Crippen molar-refractivity contribution in [2.24, 2.45) is 0 Å². The van der Waals surface area contributed by atoms with Crippen molar-refractivity contribution in [1.82, 2.24) is 14.8 Å². The molecule has 0 atom stereocenters. The molecule has 0 bridgehead atoms. The number of aromatic nitrogens is 1. The number of anilines is 1. The lowest BCUT2D eigenvalue weighted by Gasteiger charge is -2.29. The molecule has 1 aromatic heterocycles. The molecule has 1 aliphatic heterocycles. The van der Waals surface area contributed by atoms with Crippen LogP contribution >= 0.6 is 12.2 Å². The first-order valence-electron chi connectivity index (χ1n) is 9.95. The number of thiocarbonyl (C=S) groups is 1. The quantitative estimate of drug-likeness (QED) is 0.719. The van der Waals surface area contributed by atoms with Crippen LogP contribution in [0.25, 0.3) is 0 Å². The molecule has 5 nitrogen and oxygen atoms in total. The second kappa shape index (κ2) is 10.5. The summed E-state index contributed by atoms with van der Waals surface area (Å²) in [5.41, 5.74) is 4.52. The van der Waals surface area contributed by atoms with E-state index in [4.69, 9.17) is 17.0 Å². The van der Waals surface area contributed by atoms with Crippen molar-refractivity contribution in [3.05, 3.63) is 59.4 Å². The minimum Gasteiger partial charge on any atom is -0.379 e. The maximum atomic E-state index is 5.78. The lowest BCUT2D eigenvalue weighted by molar-refractivity contribution is 0.0367. The van der Waals surface area contributed by atoms with Gasteiger partial charge in [-0.25, -0.2) is 0 Å². The van der Waals surface area contributed by atoms with E-state index in [1.54, 1.807) is 0 Å². The number of nitrogens with zero attached hydrogens (tertiary/aromatic N) is 3. The van der Waals surface area contributed by atoms with Gasteiger partial charge in [-0.2, -0.15) is 0 Å². The summed E-state index contributed by atoms with van der Waals surface area (Å²) in [5.74, 6) is 0. The molecule has 0 aliphatic carbocycles. The predicted octanol–water partition coefficient (Wildman–Crippen LogP) is 3.62. The van der Waals surface area contributed by atoms with Crippen LogP contribution < -0.4 is 5.32 Å². The Morgan fingerprint density at radius 3 is 2.79 bits per heavy atom. The number of hydrogen-bond donors (Lipinski definition) is 1. The Balaban J connectivity index is 1.63. The summed E-state index contributed by atoms with van der Waals surface area (Å²) in [6.07, 6.45) is 2.89. The summed E-state index contributed by atoms with van der Waals surface area (Å²) in [7, 11) is 0. The van der Waals surface area contributed by atoms with E-state index in [2.05, 4.69) is 58.2 Å². The minimum atomic E-state index is 0.709. The van der Waals surface area contributed by atoms with Gasteiger partial charge in [0, 0.05) is 38.1 Å². The highest BCUT2D eigenvalue weighted by Gasteiger charge is 2.15. The molecule has 1 aliphatic rings. The van der Waals surface area contributed by atoms with E-state index in [1.165, 1.54) is 11.1 Å². The van der Waals surface area contributed by atoms with E-state index in [-0.39, 0.29) is 0 Å². The lowest BCUT2D eigenvalue weighted by Crippen LogP contribution is -2.40.